The van der Waals surface area contributed by atoms with E-state index < -0.39 is 11.4 Å². The molecule has 7 nitrogen and oxygen atoms in total. The molecule has 1 N–H and O–H groups in total. The van der Waals surface area contributed by atoms with Crippen LogP contribution in [0, 0.1) is 22.7 Å². The molecule has 0 aliphatic heterocycles. The summed E-state index contributed by atoms with van der Waals surface area (Å²) in [5.74, 6) is -0.617. The molecule has 2 aromatic heterocycles. The number of rotatable bonds is 3. The number of pyridine rings is 2. The number of aliphatic hydroxyl groups excluding tert-OH is 1. The Labute approximate surface area is 184 Å². The first-order valence-electron chi connectivity index (χ1n) is 8.85. The van der Waals surface area contributed by atoms with Crippen LogP contribution in [0.4, 0.5) is 0 Å². The maximum Gasteiger partial charge on any atom is 0.337 e. The topological polar surface area (TPSA) is 120 Å². The lowest BCUT2D eigenvalue weighted by Crippen LogP contribution is -2.31. The molecule has 1 aliphatic rings. The first kappa shape index (κ1) is 23.2. The monoisotopic (exact) mass is 444 g/mol. The van der Waals surface area contributed by atoms with Crippen LogP contribution in [0.2, 0.25) is 10.3 Å². The molecule has 30 heavy (non-hydrogen) atoms. The summed E-state index contributed by atoms with van der Waals surface area (Å²) >= 11 is 11.3. The molecule has 0 saturated carbocycles. The molecule has 0 bridgehead atoms. The van der Waals surface area contributed by atoms with Crippen LogP contribution in [-0.2, 0) is 21.4 Å². The standard InChI is InChI=1S/C14H13ClN2O3.C7H5ClN2/c1-20-13(19)10-6-14(8-16,5-4-11(10)18)9-2-3-12(15)17-7-9;8-7-2-1-6(3-4-9)5-10-7/h2-3,7,18H,4-6H2,1H3;1-2,5H,3H2. The van der Waals surface area contributed by atoms with E-state index in [9.17, 15) is 15.2 Å². The second kappa shape index (κ2) is 10.6. The summed E-state index contributed by atoms with van der Waals surface area (Å²) in [6.07, 6.45) is 4.30. The molecule has 0 amide bonds. The molecule has 1 atom stereocenters. The van der Waals surface area contributed by atoms with Crippen molar-refractivity contribution in [2.45, 2.75) is 31.1 Å². The minimum Gasteiger partial charge on any atom is -0.512 e. The number of halogens is 2. The maximum absolute atomic E-state index is 11.7. The lowest BCUT2D eigenvalue weighted by Gasteiger charge is -2.31. The van der Waals surface area contributed by atoms with Crippen LogP contribution in [-0.4, -0.2) is 28.2 Å². The number of hydrogen-bond donors (Lipinski definition) is 1. The molecular weight excluding hydrogens is 427 g/mol. The predicted octanol–water partition coefficient (Wildman–Crippen LogP) is 4.47. The van der Waals surface area contributed by atoms with Gasteiger partial charge in [-0.1, -0.05) is 35.3 Å². The summed E-state index contributed by atoms with van der Waals surface area (Å²) < 4.78 is 4.65. The Hall–Kier alpha value is -3.13. The Kier molecular flexibility index (Phi) is 8.17. The Morgan fingerprint density at radius 1 is 1.20 bits per heavy atom. The van der Waals surface area contributed by atoms with Gasteiger partial charge in [0, 0.05) is 25.2 Å². The lowest BCUT2D eigenvalue weighted by molar-refractivity contribution is -0.136. The summed E-state index contributed by atoms with van der Waals surface area (Å²) in [6.45, 7) is 0. The van der Waals surface area contributed by atoms with Gasteiger partial charge in [-0.25, -0.2) is 14.8 Å². The van der Waals surface area contributed by atoms with Gasteiger partial charge in [0.05, 0.1) is 36.7 Å². The van der Waals surface area contributed by atoms with E-state index in [1.165, 1.54) is 13.3 Å². The normalized spacial score (nSPS) is 17.8. The number of carbonyl (C=O) groups excluding carboxylic acids is 1. The van der Waals surface area contributed by atoms with Crippen LogP contribution in [0.25, 0.3) is 0 Å². The molecule has 154 valence electrons. The average molecular weight is 445 g/mol. The van der Waals surface area contributed by atoms with E-state index in [0.29, 0.717) is 28.7 Å². The van der Waals surface area contributed by atoms with Crippen LogP contribution in [0.1, 0.15) is 30.4 Å². The van der Waals surface area contributed by atoms with E-state index in [1.54, 1.807) is 30.5 Å². The zero-order chi connectivity index (χ0) is 22.1. The van der Waals surface area contributed by atoms with Gasteiger partial charge in [0.15, 0.2) is 0 Å². The SMILES string of the molecule is COC(=O)C1=C(O)CCC(C#N)(c2ccc(Cl)nc2)C1.N#CCc1ccc(Cl)nc1. The van der Waals surface area contributed by atoms with Gasteiger partial charge < -0.3 is 9.84 Å². The lowest BCUT2D eigenvalue weighted by atomic mass is 9.70. The Morgan fingerprint density at radius 2 is 1.87 bits per heavy atom. The molecule has 3 rings (SSSR count). The second-order valence-corrected chi connectivity index (χ2v) is 7.26. The van der Waals surface area contributed by atoms with E-state index >= 15 is 0 Å². The van der Waals surface area contributed by atoms with Crippen molar-refractivity contribution >= 4 is 29.2 Å². The van der Waals surface area contributed by atoms with Crippen molar-refractivity contribution < 1.29 is 14.6 Å². The second-order valence-electron chi connectivity index (χ2n) is 6.48. The van der Waals surface area contributed by atoms with Gasteiger partial charge in [-0.15, -0.1) is 0 Å². The highest BCUT2D eigenvalue weighted by Crippen LogP contribution is 2.41. The molecule has 1 aliphatic carbocycles. The van der Waals surface area contributed by atoms with Crippen LogP contribution < -0.4 is 0 Å². The Morgan fingerprint density at radius 3 is 2.37 bits per heavy atom. The number of ether oxygens (including phenoxy) is 1. The molecule has 2 aromatic rings. The Bertz CT molecular complexity index is 1010. The molecule has 1 unspecified atom stereocenters. The summed E-state index contributed by atoms with van der Waals surface area (Å²) in [6, 6.07) is 11.1. The van der Waals surface area contributed by atoms with E-state index in [0.717, 1.165) is 5.56 Å². The van der Waals surface area contributed by atoms with Gasteiger partial charge in [-0.3, -0.25) is 0 Å². The molecule has 0 saturated heterocycles. The van der Waals surface area contributed by atoms with Crippen molar-refractivity contribution in [2.24, 2.45) is 0 Å². The third-order valence-electron chi connectivity index (χ3n) is 4.61. The summed E-state index contributed by atoms with van der Waals surface area (Å²) in [5.41, 5.74) is 0.827. The first-order chi connectivity index (χ1) is 14.3. The quantitative estimate of drug-likeness (QED) is 0.547. The van der Waals surface area contributed by atoms with Gasteiger partial charge in [0.2, 0.25) is 0 Å². The van der Waals surface area contributed by atoms with Gasteiger partial charge in [-0.05, 0) is 29.7 Å². The fourth-order valence-corrected chi connectivity index (χ4v) is 3.18. The molecule has 2 heterocycles. The highest BCUT2D eigenvalue weighted by atomic mass is 35.5. The molecule has 0 fully saturated rings. The molecule has 0 spiro atoms. The number of aromatic nitrogens is 2. The Balaban J connectivity index is 0.000000269. The van der Waals surface area contributed by atoms with Crippen molar-refractivity contribution in [1.82, 2.24) is 9.97 Å². The zero-order valence-corrected chi connectivity index (χ0v) is 17.6. The maximum atomic E-state index is 11.7. The van der Waals surface area contributed by atoms with E-state index in [4.69, 9.17) is 28.5 Å². The van der Waals surface area contributed by atoms with Crippen molar-refractivity contribution in [3.8, 4) is 12.1 Å². The number of hydrogen-bond acceptors (Lipinski definition) is 7. The fourth-order valence-electron chi connectivity index (χ4n) is 2.96. The minimum absolute atomic E-state index is 0.00959. The smallest absolute Gasteiger partial charge is 0.337 e. The number of allylic oxidation sites excluding steroid dienone is 1. The van der Waals surface area contributed by atoms with Crippen LogP contribution in [0.3, 0.4) is 0 Å². The molecule has 0 aromatic carbocycles. The summed E-state index contributed by atoms with van der Waals surface area (Å²) in [4.78, 5) is 19.5. The van der Waals surface area contributed by atoms with Gasteiger partial charge in [-0.2, -0.15) is 10.5 Å². The van der Waals surface area contributed by atoms with E-state index in [2.05, 4.69) is 20.8 Å². The van der Waals surface area contributed by atoms with E-state index in [-0.39, 0.29) is 24.2 Å². The van der Waals surface area contributed by atoms with Crippen molar-refractivity contribution in [3.05, 3.63) is 69.4 Å². The highest BCUT2D eigenvalue weighted by Gasteiger charge is 2.40. The number of nitriles is 2. The predicted molar refractivity (Wildman–Crippen MR) is 111 cm³/mol. The number of carbonyl (C=O) groups is 1. The fraction of sp³-hybridized carbons (Fsp3) is 0.286. The van der Waals surface area contributed by atoms with Crippen LogP contribution >= 0.6 is 23.2 Å². The number of aliphatic hydroxyl groups is 1. The minimum atomic E-state index is -0.895. The largest absolute Gasteiger partial charge is 0.512 e. The van der Waals surface area contributed by atoms with E-state index in [1.807, 2.05) is 6.07 Å². The molecule has 0 radical (unpaired) electrons. The number of nitrogens with zero attached hydrogens (tertiary/aromatic N) is 4. The first-order valence-corrected chi connectivity index (χ1v) is 9.60. The third-order valence-corrected chi connectivity index (χ3v) is 5.06. The van der Waals surface area contributed by atoms with Crippen LogP contribution in [0.15, 0.2) is 48.0 Å². The van der Waals surface area contributed by atoms with Crippen LogP contribution in [0.5, 0.6) is 0 Å². The van der Waals surface area contributed by atoms with Crippen molar-refractivity contribution in [2.75, 3.05) is 7.11 Å². The number of methoxy groups -OCH3 is 1. The van der Waals surface area contributed by atoms with Gasteiger partial charge >= 0.3 is 5.97 Å². The molecular formula is C21H18Cl2N4O3. The zero-order valence-electron chi connectivity index (χ0n) is 16.1. The van der Waals surface area contributed by atoms with Crippen molar-refractivity contribution in [1.29, 1.82) is 10.5 Å². The van der Waals surface area contributed by atoms with Gasteiger partial charge in [0.25, 0.3) is 0 Å². The highest BCUT2D eigenvalue weighted by molar-refractivity contribution is 6.29. The van der Waals surface area contributed by atoms with Crippen molar-refractivity contribution in [3.63, 3.8) is 0 Å². The molecule has 9 heteroatoms. The third kappa shape index (κ3) is 5.70. The average Bonchev–Trinajstić information content (AvgIpc) is 2.77. The summed E-state index contributed by atoms with van der Waals surface area (Å²) in [7, 11) is 1.25. The number of esters is 1. The van der Waals surface area contributed by atoms with Gasteiger partial charge in [0.1, 0.15) is 16.1 Å². The summed E-state index contributed by atoms with van der Waals surface area (Å²) in [5, 5.41) is 28.5.